The summed E-state index contributed by atoms with van der Waals surface area (Å²) in [5.41, 5.74) is -0.576. The Morgan fingerprint density at radius 2 is 1.73 bits per heavy atom. The summed E-state index contributed by atoms with van der Waals surface area (Å²) in [4.78, 5) is 28.3. The van der Waals surface area contributed by atoms with E-state index < -0.39 is 5.54 Å². The lowest BCUT2D eigenvalue weighted by atomic mass is 9.86. The molecule has 22 heavy (non-hydrogen) atoms. The van der Waals surface area contributed by atoms with E-state index in [1.165, 1.54) is 0 Å². The number of amides is 2. The average Bonchev–Trinajstić information content (AvgIpc) is 3.10. The fraction of sp³-hybridized carbons (Fsp3) is 0.667. The van der Waals surface area contributed by atoms with Gasteiger partial charge in [-0.3, -0.25) is 14.3 Å². The Morgan fingerprint density at radius 3 is 2.27 bits per heavy atom. The molecule has 0 aromatic carbocycles. The first-order valence-electron chi connectivity index (χ1n) is 7.89. The quantitative estimate of drug-likeness (QED) is 0.811. The van der Waals surface area contributed by atoms with Crippen LogP contribution in [0.25, 0.3) is 0 Å². The summed E-state index contributed by atoms with van der Waals surface area (Å²) in [5, 5.41) is 7.66. The number of carbonyl (C=O) groups is 2. The molecule has 0 aliphatic carbocycles. The zero-order valence-corrected chi connectivity index (χ0v) is 13.0. The van der Waals surface area contributed by atoms with Crippen LogP contribution in [-0.2, 0) is 15.1 Å². The van der Waals surface area contributed by atoms with Gasteiger partial charge in [-0.2, -0.15) is 5.10 Å². The van der Waals surface area contributed by atoms with E-state index in [0.717, 1.165) is 25.9 Å². The van der Waals surface area contributed by atoms with E-state index in [0.29, 0.717) is 26.2 Å². The number of hydrogen-bond acceptors (Lipinski definition) is 4. The van der Waals surface area contributed by atoms with Crippen molar-refractivity contribution >= 4 is 11.8 Å². The number of nitrogens with one attached hydrogen (secondary N) is 1. The normalized spacial score (nSPS) is 21.7. The van der Waals surface area contributed by atoms with Crippen LogP contribution in [-0.4, -0.2) is 70.7 Å². The van der Waals surface area contributed by atoms with E-state index in [2.05, 4.69) is 10.4 Å². The van der Waals surface area contributed by atoms with Crippen molar-refractivity contribution in [3.8, 4) is 0 Å². The van der Waals surface area contributed by atoms with Gasteiger partial charge < -0.3 is 15.1 Å². The molecule has 0 bridgehead atoms. The van der Waals surface area contributed by atoms with Gasteiger partial charge >= 0.3 is 0 Å². The number of rotatable bonds is 2. The molecule has 0 saturated carbocycles. The predicted molar refractivity (Wildman–Crippen MR) is 81.1 cm³/mol. The topological polar surface area (TPSA) is 70.5 Å². The van der Waals surface area contributed by atoms with Crippen LogP contribution in [0.5, 0.6) is 0 Å². The first-order chi connectivity index (χ1) is 10.6. The standard InChI is InChI=1S/C15H23N5O2/c1-13(21)18-9-11-19(12-10-18)14(22)15(3-6-16-7-4-15)20-8-2-5-17-20/h2,5,8,16H,3-4,6-7,9-12H2,1H3. The van der Waals surface area contributed by atoms with Crippen LogP contribution < -0.4 is 5.32 Å². The largest absolute Gasteiger partial charge is 0.339 e. The number of aromatic nitrogens is 2. The van der Waals surface area contributed by atoms with Gasteiger partial charge in [0.2, 0.25) is 5.91 Å². The minimum atomic E-state index is -0.576. The molecule has 2 saturated heterocycles. The van der Waals surface area contributed by atoms with Crippen LogP contribution in [0.15, 0.2) is 18.5 Å². The van der Waals surface area contributed by atoms with E-state index in [9.17, 15) is 9.59 Å². The minimum Gasteiger partial charge on any atom is -0.339 e. The van der Waals surface area contributed by atoms with Gasteiger partial charge in [0, 0.05) is 45.5 Å². The average molecular weight is 305 g/mol. The molecule has 1 aromatic rings. The van der Waals surface area contributed by atoms with Gasteiger partial charge in [0.15, 0.2) is 0 Å². The third-order valence-corrected chi connectivity index (χ3v) is 4.78. The Kier molecular flexibility index (Phi) is 4.15. The summed E-state index contributed by atoms with van der Waals surface area (Å²) in [5.74, 6) is 0.219. The molecule has 2 fully saturated rings. The van der Waals surface area contributed by atoms with Crippen molar-refractivity contribution in [2.75, 3.05) is 39.3 Å². The predicted octanol–water partition coefficient (Wildman–Crippen LogP) is -0.347. The van der Waals surface area contributed by atoms with Crippen LogP contribution in [0.3, 0.4) is 0 Å². The Bertz CT molecular complexity index is 528. The first-order valence-corrected chi connectivity index (χ1v) is 7.89. The molecule has 1 N–H and O–H groups in total. The molecule has 3 heterocycles. The number of hydrogen-bond donors (Lipinski definition) is 1. The summed E-state index contributed by atoms with van der Waals surface area (Å²) >= 11 is 0. The highest BCUT2D eigenvalue weighted by atomic mass is 16.2. The third kappa shape index (κ3) is 2.61. The fourth-order valence-electron chi connectivity index (χ4n) is 3.42. The summed E-state index contributed by atoms with van der Waals surface area (Å²) in [7, 11) is 0. The molecule has 0 spiro atoms. The maximum absolute atomic E-state index is 13.2. The minimum absolute atomic E-state index is 0.0794. The van der Waals surface area contributed by atoms with Crippen molar-refractivity contribution in [2.24, 2.45) is 0 Å². The highest BCUT2D eigenvalue weighted by molar-refractivity contribution is 5.85. The highest BCUT2D eigenvalue weighted by Crippen LogP contribution is 2.29. The zero-order valence-electron chi connectivity index (χ0n) is 13.0. The summed E-state index contributed by atoms with van der Waals surface area (Å²) in [6.45, 7) is 5.67. The van der Waals surface area contributed by atoms with Gasteiger partial charge in [0.05, 0.1) is 0 Å². The van der Waals surface area contributed by atoms with Crippen molar-refractivity contribution in [3.05, 3.63) is 18.5 Å². The number of piperidine rings is 1. The molecule has 3 rings (SSSR count). The molecular formula is C15H23N5O2. The van der Waals surface area contributed by atoms with Crippen LogP contribution >= 0.6 is 0 Å². The van der Waals surface area contributed by atoms with E-state index in [1.54, 1.807) is 18.0 Å². The lowest BCUT2D eigenvalue weighted by Gasteiger charge is -2.42. The zero-order chi connectivity index (χ0) is 15.6. The summed E-state index contributed by atoms with van der Waals surface area (Å²) < 4.78 is 1.83. The number of nitrogens with zero attached hydrogens (tertiary/aromatic N) is 4. The lowest BCUT2D eigenvalue weighted by molar-refractivity contribution is -0.147. The maximum atomic E-state index is 13.2. The van der Waals surface area contributed by atoms with Crippen LogP contribution in [0.1, 0.15) is 19.8 Å². The Morgan fingerprint density at radius 1 is 1.09 bits per heavy atom. The fourth-order valence-corrected chi connectivity index (χ4v) is 3.42. The Labute approximate surface area is 130 Å². The van der Waals surface area contributed by atoms with Crippen molar-refractivity contribution in [3.63, 3.8) is 0 Å². The van der Waals surface area contributed by atoms with Gasteiger partial charge in [-0.1, -0.05) is 0 Å². The van der Waals surface area contributed by atoms with Crippen LogP contribution in [0.2, 0.25) is 0 Å². The smallest absolute Gasteiger partial charge is 0.250 e. The van der Waals surface area contributed by atoms with Gasteiger partial charge in [-0.15, -0.1) is 0 Å². The van der Waals surface area contributed by atoms with Crippen molar-refractivity contribution in [2.45, 2.75) is 25.3 Å². The number of piperazine rings is 1. The van der Waals surface area contributed by atoms with Crippen molar-refractivity contribution in [1.82, 2.24) is 24.9 Å². The van der Waals surface area contributed by atoms with Gasteiger partial charge in [0.1, 0.15) is 5.54 Å². The second kappa shape index (κ2) is 6.08. The van der Waals surface area contributed by atoms with E-state index >= 15 is 0 Å². The molecule has 2 aliphatic rings. The molecule has 7 nitrogen and oxygen atoms in total. The SMILES string of the molecule is CC(=O)N1CCN(C(=O)C2(n3cccn3)CCNCC2)CC1. The molecule has 2 aliphatic heterocycles. The summed E-state index contributed by atoms with van der Waals surface area (Å²) in [6.07, 6.45) is 5.11. The Hall–Kier alpha value is -1.89. The maximum Gasteiger partial charge on any atom is 0.250 e. The van der Waals surface area contributed by atoms with Crippen LogP contribution in [0, 0.1) is 0 Å². The lowest BCUT2D eigenvalue weighted by Crippen LogP contribution is -2.59. The van der Waals surface area contributed by atoms with Crippen molar-refractivity contribution in [1.29, 1.82) is 0 Å². The monoisotopic (exact) mass is 305 g/mol. The molecule has 7 heteroatoms. The Balaban J connectivity index is 1.78. The molecule has 1 aromatic heterocycles. The second-order valence-corrected chi connectivity index (χ2v) is 6.03. The van der Waals surface area contributed by atoms with E-state index in [4.69, 9.17) is 0 Å². The van der Waals surface area contributed by atoms with Crippen LogP contribution in [0.4, 0.5) is 0 Å². The molecule has 0 radical (unpaired) electrons. The van der Waals surface area contributed by atoms with E-state index in [-0.39, 0.29) is 11.8 Å². The molecular weight excluding hydrogens is 282 g/mol. The number of carbonyl (C=O) groups excluding carboxylic acids is 2. The van der Waals surface area contributed by atoms with Crippen molar-refractivity contribution < 1.29 is 9.59 Å². The summed E-state index contributed by atoms with van der Waals surface area (Å²) in [6, 6.07) is 1.87. The first kappa shape index (κ1) is 15.0. The highest BCUT2D eigenvalue weighted by Gasteiger charge is 2.44. The second-order valence-electron chi connectivity index (χ2n) is 6.03. The van der Waals surface area contributed by atoms with Gasteiger partial charge in [-0.25, -0.2) is 0 Å². The molecule has 0 atom stereocenters. The van der Waals surface area contributed by atoms with E-state index in [1.807, 2.05) is 21.8 Å². The molecule has 0 unspecified atom stereocenters. The molecule has 2 amide bonds. The molecule has 120 valence electrons. The van der Waals surface area contributed by atoms with Gasteiger partial charge in [-0.05, 0) is 32.0 Å². The third-order valence-electron chi connectivity index (χ3n) is 4.78. The van der Waals surface area contributed by atoms with Gasteiger partial charge in [0.25, 0.3) is 5.91 Å².